The highest BCUT2D eigenvalue weighted by Gasteiger charge is 2.36. The van der Waals surface area contributed by atoms with Crippen LogP contribution in [-0.4, -0.2) is 43.0 Å². The predicted molar refractivity (Wildman–Crippen MR) is 127 cm³/mol. The Balaban J connectivity index is 1.86. The van der Waals surface area contributed by atoms with Crippen LogP contribution in [0.15, 0.2) is 59.9 Å². The van der Waals surface area contributed by atoms with Gasteiger partial charge in [-0.1, -0.05) is 24.3 Å². The molecule has 0 saturated heterocycles. The van der Waals surface area contributed by atoms with Crippen molar-refractivity contribution < 1.29 is 23.8 Å². The molecule has 0 unspecified atom stereocenters. The summed E-state index contributed by atoms with van der Waals surface area (Å²) in [5.74, 6) is 0.691. The number of carbonyl (C=O) groups excluding carboxylic acids is 2. The largest absolute Gasteiger partial charge is 0.493 e. The summed E-state index contributed by atoms with van der Waals surface area (Å²) in [6.07, 6.45) is 1.43. The number of ether oxygens (including phenoxy) is 3. The van der Waals surface area contributed by atoms with Gasteiger partial charge in [-0.25, -0.2) is 9.48 Å². The summed E-state index contributed by atoms with van der Waals surface area (Å²) < 4.78 is 17.4. The highest BCUT2D eigenvalue weighted by molar-refractivity contribution is 6.07. The molecule has 9 nitrogen and oxygen atoms in total. The number of esters is 1. The van der Waals surface area contributed by atoms with Crippen LogP contribution in [0.25, 0.3) is 0 Å². The van der Waals surface area contributed by atoms with Gasteiger partial charge >= 0.3 is 5.97 Å². The first kappa shape index (κ1) is 22.9. The minimum absolute atomic E-state index is 0.269. The topological polar surface area (TPSA) is 104 Å². The Morgan fingerprint density at radius 1 is 1.03 bits per heavy atom. The Morgan fingerprint density at radius 2 is 1.76 bits per heavy atom. The molecule has 176 valence electrons. The van der Waals surface area contributed by atoms with Crippen LogP contribution in [0.5, 0.6) is 11.5 Å². The second kappa shape index (κ2) is 9.30. The van der Waals surface area contributed by atoms with E-state index in [4.69, 9.17) is 14.2 Å². The monoisotopic (exact) mass is 462 g/mol. The number of anilines is 2. The zero-order chi connectivity index (χ0) is 24.4. The second-order valence-corrected chi connectivity index (χ2v) is 7.79. The summed E-state index contributed by atoms with van der Waals surface area (Å²) in [4.78, 5) is 25.9. The van der Waals surface area contributed by atoms with Crippen LogP contribution in [0.4, 0.5) is 11.5 Å². The Hall–Kier alpha value is -4.27. The number of rotatable bonds is 6. The average molecular weight is 463 g/mol. The van der Waals surface area contributed by atoms with Gasteiger partial charge in [0, 0.05) is 11.4 Å². The number of fused-ring (bicyclic) bond motifs is 1. The zero-order valence-electron chi connectivity index (χ0n) is 19.6. The number of nitrogens with one attached hydrogen (secondary N) is 2. The molecule has 0 radical (unpaired) electrons. The minimum atomic E-state index is -0.640. The quantitative estimate of drug-likeness (QED) is 0.535. The molecule has 2 heterocycles. The van der Waals surface area contributed by atoms with Crippen LogP contribution in [0, 0.1) is 6.92 Å². The number of para-hydroxylation sites is 1. The molecule has 1 atom stereocenters. The number of hydrogen-bond acceptors (Lipinski definition) is 7. The molecule has 1 amide bonds. The van der Waals surface area contributed by atoms with E-state index >= 15 is 0 Å². The lowest BCUT2D eigenvalue weighted by Crippen LogP contribution is -2.32. The smallest absolute Gasteiger partial charge is 0.343 e. The molecular weight excluding hydrogens is 436 g/mol. The van der Waals surface area contributed by atoms with Crippen molar-refractivity contribution in [3.63, 3.8) is 0 Å². The summed E-state index contributed by atoms with van der Waals surface area (Å²) in [7, 11) is 4.41. The molecule has 1 aliphatic rings. The van der Waals surface area contributed by atoms with Crippen LogP contribution < -0.4 is 20.1 Å². The highest BCUT2D eigenvalue weighted by atomic mass is 16.5. The van der Waals surface area contributed by atoms with Gasteiger partial charge in [0.2, 0.25) is 0 Å². The van der Waals surface area contributed by atoms with Crippen LogP contribution in [0.2, 0.25) is 0 Å². The lowest BCUT2D eigenvalue weighted by Gasteiger charge is -2.30. The molecule has 1 aromatic heterocycles. The molecule has 0 aliphatic carbocycles. The number of hydrogen-bond donors (Lipinski definition) is 2. The highest BCUT2D eigenvalue weighted by Crippen LogP contribution is 2.40. The van der Waals surface area contributed by atoms with Crippen molar-refractivity contribution in [3.05, 3.63) is 76.6 Å². The second-order valence-electron chi connectivity index (χ2n) is 7.79. The molecule has 0 bridgehead atoms. The zero-order valence-corrected chi connectivity index (χ0v) is 19.6. The Bertz CT molecular complexity index is 1290. The van der Waals surface area contributed by atoms with Crippen molar-refractivity contribution in [3.8, 4) is 11.5 Å². The van der Waals surface area contributed by atoms with E-state index in [9.17, 15) is 9.59 Å². The van der Waals surface area contributed by atoms with E-state index in [1.807, 2.05) is 37.3 Å². The molecule has 34 heavy (non-hydrogen) atoms. The number of carbonyl (C=O) groups is 2. The Labute approximate surface area is 197 Å². The van der Waals surface area contributed by atoms with E-state index < -0.39 is 12.0 Å². The van der Waals surface area contributed by atoms with E-state index in [0.717, 1.165) is 11.1 Å². The van der Waals surface area contributed by atoms with E-state index in [0.29, 0.717) is 34.3 Å². The van der Waals surface area contributed by atoms with E-state index in [-0.39, 0.29) is 11.5 Å². The summed E-state index contributed by atoms with van der Waals surface area (Å²) >= 11 is 0. The molecule has 1 aliphatic heterocycles. The number of nitrogens with zero attached hydrogens (tertiary/aromatic N) is 2. The number of aromatic nitrogens is 2. The van der Waals surface area contributed by atoms with Crippen LogP contribution in [-0.2, 0) is 9.53 Å². The van der Waals surface area contributed by atoms with Crippen LogP contribution >= 0.6 is 0 Å². The lowest BCUT2D eigenvalue weighted by atomic mass is 9.94. The molecule has 2 aromatic carbocycles. The molecule has 0 spiro atoms. The van der Waals surface area contributed by atoms with Gasteiger partial charge in [0.05, 0.1) is 33.1 Å². The van der Waals surface area contributed by atoms with Gasteiger partial charge in [-0.3, -0.25) is 4.79 Å². The first-order valence-corrected chi connectivity index (χ1v) is 10.6. The van der Waals surface area contributed by atoms with Gasteiger partial charge in [0.1, 0.15) is 17.4 Å². The predicted octanol–water partition coefficient (Wildman–Crippen LogP) is 3.92. The van der Waals surface area contributed by atoms with E-state index in [2.05, 4.69) is 15.7 Å². The summed E-state index contributed by atoms with van der Waals surface area (Å²) in [6, 6.07) is 12.3. The van der Waals surface area contributed by atoms with Crippen molar-refractivity contribution in [1.82, 2.24) is 9.78 Å². The molecular formula is C25H26N4O5. The Kier molecular flexibility index (Phi) is 6.27. The fraction of sp³-hybridized carbons (Fsp3) is 0.240. The van der Waals surface area contributed by atoms with Crippen LogP contribution in [0.3, 0.4) is 0 Å². The Morgan fingerprint density at radius 3 is 2.44 bits per heavy atom. The third kappa shape index (κ3) is 3.96. The number of amides is 1. The third-order valence-corrected chi connectivity index (χ3v) is 5.79. The normalized spacial score (nSPS) is 14.7. The van der Waals surface area contributed by atoms with Gasteiger partial charge in [0.25, 0.3) is 5.91 Å². The maximum atomic E-state index is 13.6. The SMILES string of the molecule is COC(=O)c1cnn2c1NC(C)=C(C(=O)Nc1ccccc1C)[C@@H]2c1ccc(OC)c(OC)c1. The number of benzene rings is 2. The fourth-order valence-electron chi connectivity index (χ4n) is 4.04. The van der Waals surface area contributed by atoms with Crippen molar-refractivity contribution in [1.29, 1.82) is 0 Å². The summed E-state index contributed by atoms with van der Waals surface area (Å²) in [5.41, 5.74) is 3.68. The van der Waals surface area contributed by atoms with Gasteiger partial charge < -0.3 is 24.8 Å². The number of aryl methyl sites for hydroxylation is 1. The van der Waals surface area contributed by atoms with Crippen molar-refractivity contribution >= 4 is 23.4 Å². The van der Waals surface area contributed by atoms with Crippen molar-refractivity contribution in [2.45, 2.75) is 19.9 Å². The van der Waals surface area contributed by atoms with E-state index in [1.165, 1.54) is 13.3 Å². The number of methoxy groups -OCH3 is 3. The first-order valence-electron chi connectivity index (χ1n) is 10.6. The third-order valence-electron chi connectivity index (χ3n) is 5.79. The lowest BCUT2D eigenvalue weighted by molar-refractivity contribution is -0.113. The molecule has 0 saturated carbocycles. The summed E-state index contributed by atoms with van der Waals surface area (Å²) in [5, 5.41) is 10.6. The summed E-state index contributed by atoms with van der Waals surface area (Å²) in [6.45, 7) is 3.72. The first-order chi connectivity index (χ1) is 16.4. The van der Waals surface area contributed by atoms with Crippen molar-refractivity contribution in [2.24, 2.45) is 0 Å². The van der Waals surface area contributed by atoms with Crippen molar-refractivity contribution in [2.75, 3.05) is 32.0 Å². The molecule has 2 N–H and O–H groups in total. The minimum Gasteiger partial charge on any atom is -0.493 e. The van der Waals surface area contributed by atoms with Gasteiger partial charge in [0.15, 0.2) is 11.5 Å². The van der Waals surface area contributed by atoms with E-state index in [1.54, 1.807) is 38.0 Å². The van der Waals surface area contributed by atoms with Crippen LogP contribution in [0.1, 0.15) is 34.5 Å². The fourth-order valence-corrected chi connectivity index (χ4v) is 4.04. The number of allylic oxidation sites excluding steroid dienone is 1. The van der Waals surface area contributed by atoms with Gasteiger partial charge in [-0.2, -0.15) is 5.10 Å². The molecule has 3 aromatic rings. The maximum Gasteiger partial charge on any atom is 0.343 e. The van der Waals surface area contributed by atoms with Gasteiger partial charge in [-0.15, -0.1) is 0 Å². The maximum absolute atomic E-state index is 13.6. The average Bonchev–Trinajstić information content (AvgIpc) is 3.26. The molecule has 4 rings (SSSR count). The molecule has 9 heteroatoms. The standard InChI is InChI=1S/C25H26N4O5/c1-14-8-6-7-9-18(14)28-24(30)21-15(2)27-23-17(25(31)34-5)13-26-29(23)22(21)16-10-11-19(32-3)20(12-16)33-4/h6-13,22,27H,1-5H3,(H,28,30)/t22-/m0/s1. The molecule has 0 fully saturated rings. The van der Waals surface area contributed by atoms with Gasteiger partial charge in [-0.05, 0) is 43.2 Å².